The van der Waals surface area contributed by atoms with Gasteiger partial charge in [0.2, 0.25) is 0 Å². The van der Waals surface area contributed by atoms with Gasteiger partial charge in [-0.15, -0.1) is 21.8 Å². The zero-order chi connectivity index (χ0) is 12.3. The summed E-state index contributed by atoms with van der Waals surface area (Å²) in [4.78, 5) is 0. The van der Waals surface area contributed by atoms with Crippen LogP contribution in [0.3, 0.4) is 0 Å². The van der Waals surface area contributed by atoms with Crippen molar-refractivity contribution in [2.24, 2.45) is 5.73 Å². The Hall–Kier alpha value is -1.10. The molecule has 1 aromatic carbocycles. The van der Waals surface area contributed by atoms with Crippen molar-refractivity contribution >= 4 is 23.2 Å². The molecule has 0 aliphatic heterocycles. The van der Waals surface area contributed by atoms with Crippen LogP contribution < -0.4 is 5.73 Å². The lowest BCUT2D eigenvalue weighted by Gasteiger charge is -2.10. The van der Waals surface area contributed by atoms with E-state index in [1.54, 1.807) is 0 Å². The van der Waals surface area contributed by atoms with Gasteiger partial charge < -0.3 is 5.73 Å². The van der Waals surface area contributed by atoms with Crippen molar-refractivity contribution in [3.63, 3.8) is 0 Å². The maximum atomic E-state index is 6.17. The highest BCUT2D eigenvalue weighted by Crippen LogP contribution is 2.23. The normalized spacial score (nSPS) is 10.8. The quantitative estimate of drug-likeness (QED) is 0.867. The summed E-state index contributed by atoms with van der Waals surface area (Å²) in [6.45, 7) is 0.505. The molecule has 0 spiro atoms. The van der Waals surface area contributed by atoms with E-state index < -0.39 is 0 Å². The molecule has 90 valence electrons. The number of benzene rings is 1. The number of halogens is 2. The Morgan fingerprint density at radius 3 is 2.53 bits per heavy atom. The third-order valence-electron chi connectivity index (χ3n) is 2.38. The molecule has 4 nitrogen and oxygen atoms in total. The molecule has 0 aliphatic rings. The summed E-state index contributed by atoms with van der Waals surface area (Å²) < 4.78 is 1.86. The van der Waals surface area contributed by atoms with E-state index in [9.17, 15) is 0 Å². The van der Waals surface area contributed by atoms with E-state index in [1.165, 1.54) is 0 Å². The molecule has 0 saturated carbocycles. The van der Waals surface area contributed by atoms with Gasteiger partial charge in [0.1, 0.15) is 5.82 Å². The second-order valence-electron chi connectivity index (χ2n) is 3.49. The minimum atomic E-state index is 0.281. The number of hydrogen-bond donors (Lipinski definition) is 1. The molecule has 0 bridgehead atoms. The maximum absolute atomic E-state index is 6.17. The molecule has 2 rings (SSSR count). The van der Waals surface area contributed by atoms with Gasteiger partial charge in [0.25, 0.3) is 0 Å². The summed E-state index contributed by atoms with van der Waals surface area (Å²) in [6.07, 6.45) is 0.634. The molecule has 0 aliphatic carbocycles. The first-order chi connectivity index (χ1) is 8.27. The van der Waals surface area contributed by atoms with Crippen molar-refractivity contribution in [3.05, 3.63) is 40.9 Å². The van der Waals surface area contributed by atoms with Crippen molar-refractivity contribution < 1.29 is 0 Å². The molecule has 0 saturated heterocycles. The molecule has 0 unspecified atom stereocenters. The van der Waals surface area contributed by atoms with Gasteiger partial charge >= 0.3 is 0 Å². The van der Waals surface area contributed by atoms with Gasteiger partial charge in [-0.05, 0) is 18.7 Å². The molecule has 1 aromatic heterocycles. The average Bonchev–Trinajstić information content (AvgIpc) is 2.73. The van der Waals surface area contributed by atoms with Crippen molar-refractivity contribution in [1.29, 1.82) is 0 Å². The van der Waals surface area contributed by atoms with E-state index in [1.807, 2.05) is 28.8 Å². The van der Waals surface area contributed by atoms with Crippen molar-refractivity contribution in [1.82, 2.24) is 14.8 Å². The van der Waals surface area contributed by atoms with Gasteiger partial charge in [0.05, 0.1) is 16.6 Å². The van der Waals surface area contributed by atoms with Crippen LogP contribution in [0.2, 0.25) is 5.02 Å². The predicted octanol–water partition coefficient (Wildman–Crippen LogP) is 2.16. The van der Waals surface area contributed by atoms with E-state index in [2.05, 4.69) is 10.2 Å². The van der Waals surface area contributed by atoms with Crippen LogP contribution in [0.25, 0.3) is 5.69 Å². The van der Waals surface area contributed by atoms with Crippen LogP contribution in [-0.4, -0.2) is 21.3 Å². The molecule has 0 fully saturated rings. The smallest absolute Gasteiger partial charge is 0.152 e. The third-order valence-corrected chi connectivity index (χ3v) is 2.94. The van der Waals surface area contributed by atoms with Crippen molar-refractivity contribution in [2.45, 2.75) is 12.3 Å². The number of aromatic nitrogens is 3. The molecule has 17 heavy (non-hydrogen) atoms. The van der Waals surface area contributed by atoms with Crippen molar-refractivity contribution in [3.8, 4) is 5.69 Å². The van der Waals surface area contributed by atoms with Gasteiger partial charge in [0, 0.05) is 6.42 Å². The lowest BCUT2D eigenvalue weighted by atomic mass is 10.3. The Balaban J connectivity index is 2.56. The molecular formula is C11H12Cl2N4. The van der Waals surface area contributed by atoms with E-state index >= 15 is 0 Å². The number of hydrogen-bond acceptors (Lipinski definition) is 3. The highest BCUT2D eigenvalue weighted by molar-refractivity contribution is 6.32. The molecule has 2 aromatic rings. The summed E-state index contributed by atoms with van der Waals surface area (Å²) in [7, 11) is 0. The fourth-order valence-electron chi connectivity index (χ4n) is 1.64. The molecule has 1 heterocycles. The monoisotopic (exact) mass is 270 g/mol. The Morgan fingerprint density at radius 2 is 1.88 bits per heavy atom. The lowest BCUT2D eigenvalue weighted by molar-refractivity contribution is 0.822. The third kappa shape index (κ3) is 2.44. The predicted molar refractivity (Wildman–Crippen MR) is 68.7 cm³/mol. The minimum Gasteiger partial charge on any atom is -0.330 e. The molecular weight excluding hydrogens is 259 g/mol. The summed E-state index contributed by atoms with van der Waals surface area (Å²) >= 11 is 12.0. The zero-order valence-corrected chi connectivity index (χ0v) is 10.6. The largest absolute Gasteiger partial charge is 0.330 e. The van der Waals surface area contributed by atoms with Gasteiger partial charge in [0.15, 0.2) is 5.82 Å². The lowest BCUT2D eigenvalue weighted by Crippen LogP contribution is -2.10. The van der Waals surface area contributed by atoms with Gasteiger partial charge in [-0.25, -0.2) is 0 Å². The maximum Gasteiger partial charge on any atom is 0.152 e. The Bertz CT molecular complexity index is 510. The topological polar surface area (TPSA) is 56.7 Å². The van der Waals surface area contributed by atoms with Crippen LogP contribution in [0.1, 0.15) is 11.6 Å². The number of nitrogens with zero attached hydrogens (tertiary/aromatic N) is 3. The van der Waals surface area contributed by atoms with E-state index in [4.69, 9.17) is 28.9 Å². The van der Waals surface area contributed by atoms with Crippen LogP contribution in [0, 0.1) is 0 Å². The summed E-state index contributed by atoms with van der Waals surface area (Å²) in [5.74, 6) is 1.72. The molecule has 0 radical (unpaired) electrons. The van der Waals surface area contributed by atoms with Gasteiger partial charge in [-0.3, -0.25) is 4.57 Å². The number of para-hydroxylation sites is 1. The van der Waals surface area contributed by atoms with Gasteiger partial charge in [-0.2, -0.15) is 0 Å². The van der Waals surface area contributed by atoms with E-state index in [0.29, 0.717) is 23.8 Å². The average molecular weight is 271 g/mol. The second kappa shape index (κ2) is 5.49. The summed E-state index contributed by atoms with van der Waals surface area (Å²) in [6, 6.07) is 7.51. The highest BCUT2D eigenvalue weighted by atomic mass is 35.5. The zero-order valence-electron chi connectivity index (χ0n) is 9.11. The first-order valence-electron chi connectivity index (χ1n) is 5.22. The van der Waals surface area contributed by atoms with E-state index in [-0.39, 0.29) is 5.88 Å². The molecule has 2 N–H and O–H groups in total. The van der Waals surface area contributed by atoms with Crippen LogP contribution in [0.15, 0.2) is 24.3 Å². The van der Waals surface area contributed by atoms with Crippen LogP contribution in [-0.2, 0) is 12.3 Å². The summed E-state index contributed by atoms with van der Waals surface area (Å²) in [5, 5.41) is 8.76. The van der Waals surface area contributed by atoms with Crippen molar-refractivity contribution in [2.75, 3.05) is 6.54 Å². The number of nitrogens with two attached hydrogens (primary N) is 1. The fraction of sp³-hybridized carbons (Fsp3) is 0.273. The van der Waals surface area contributed by atoms with E-state index in [0.717, 1.165) is 11.5 Å². The first kappa shape index (κ1) is 12.4. The van der Waals surface area contributed by atoms with Crippen LogP contribution >= 0.6 is 23.2 Å². The van der Waals surface area contributed by atoms with Crippen LogP contribution in [0.5, 0.6) is 0 Å². The van der Waals surface area contributed by atoms with Gasteiger partial charge in [-0.1, -0.05) is 23.7 Å². The summed E-state index contributed by atoms with van der Waals surface area (Å²) in [5.41, 5.74) is 6.38. The SMILES string of the molecule is NCCc1nnc(CCl)n1-c1ccccc1Cl. The fourth-order valence-corrected chi connectivity index (χ4v) is 2.04. The first-order valence-corrected chi connectivity index (χ1v) is 6.13. The standard InChI is InChI=1S/C11H12Cl2N4/c12-7-11-16-15-10(5-6-14)17(11)9-4-2-1-3-8(9)13/h1-4H,5-7,14H2. The number of rotatable bonds is 4. The Labute approximate surface area is 109 Å². The molecule has 0 amide bonds. The van der Waals surface area contributed by atoms with Crippen LogP contribution in [0.4, 0.5) is 0 Å². The minimum absolute atomic E-state index is 0.281. The Morgan fingerprint density at radius 1 is 1.18 bits per heavy atom. The second-order valence-corrected chi connectivity index (χ2v) is 4.17. The number of alkyl halides is 1. The Kier molecular flexibility index (Phi) is 3.99. The highest BCUT2D eigenvalue weighted by Gasteiger charge is 2.14. The molecule has 6 heteroatoms. The molecule has 0 atom stereocenters.